The third kappa shape index (κ3) is 4.91. The van der Waals surface area contributed by atoms with Crippen LogP contribution in [-0.4, -0.2) is 25.5 Å². The molecule has 0 spiro atoms. The van der Waals surface area contributed by atoms with Crippen LogP contribution in [0.4, 0.5) is 0 Å². The highest BCUT2D eigenvalue weighted by atomic mass is 127. The second-order valence-electron chi connectivity index (χ2n) is 5.53. The molecule has 0 aliphatic rings. The lowest BCUT2D eigenvalue weighted by molar-refractivity contribution is 0.380. The molecule has 0 N–H and O–H groups in total. The molecule has 0 aromatic heterocycles. The van der Waals surface area contributed by atoms with Gasteiger partial charge in [-0.3, -0.25) is 0 Å². The number of halogens is 1. The number of hydrogen-bond donors (Lipinski definition) is 0. The Balaban J connectivity index is 2.12. The smallest absolute Gasteiger partial charge is 0.0130 e. The van der Waals surface area contributed by atoms with Crippen LogP contribution < -0.4 is 0 Å². The summed E-state index contributed by atoms with van der Waals surface area (Å²) in [7, 11) is 4.29. The lowest BCUT2D eigenvalue weighted by Crippen LogP contribution is -2.17. The zero-order chi connectivity index (χ0) is 14.4. The molecule has 0 radical (unpaired) electrons. The maximum absolute atomic E-state index is 2.36. The van der Waals surface area contributed by atoms with Crippen molar-refractivity contribution in [2.45, 2.75) is 18.8 Å². The molecule has 106 valence electrons. The predicted molar refractivity (Wildman–Crippen MR) is 95.2 cm³/mol. The zero-order valence-electron chi connectivity index (χ0n) is 12.2. The fourth-order valence-electron chi connectivity index (χ4n) is 2.43. The van der Waals surface area contributed by atoms with Gasteiger partial charge < -0.3 is 4.90 Å². The maximum atomic E-state index is 2.36. The fourth-order valence-corrected chi connectivity index (χ4v) is 2.79. The molecule has 1 nitrogen and oxygen atoms in total. The maximum Gasteiger partial charge on any atom is 0.0130 e. The van der Waals surface area contributed by atoms with Gasteiger partial charge in [-0.1, -0.05) is 42.5 Å². The van der Waals surface area contributed by atoms with Crippen molar-refractivity contribution in [3.63, 3.8) is 0 Å². The largest absolute Gasteiger partial charge is 0.309 e. The van der Waals surface area contributed by atoms with Crippen molar-refractivity contribution in [1.82, 2.24) is 4.90 Å². The van der Waals surface area contributed by atoms with Gasteiger partial charge in [-0.2, -0.15) is 0 Å². The summed E-state index contributed by atoms with van der Waals surface area (Å²) in [6, 6.07) is 19.8. The van der Waals surface area contributed by atoms with Gasteiger partial charge in [0.2, 0.25) is 0 Å². The molecule has 0 fully saturated rings. The zero-order valence-corrected chi connectivity index (χ0v) is 14.4. The van der Waals surface area contributed by atoms with E-state index >= 15 is 0 Å². The first-order chi connectivity index (χ1) is 9.65. The number of rotatable bonds is 6. The Morgan fingerprint density at radius 2 is 1.60 bits per heavy atom. The Hall–Kier alpha value is -0.870. The Kier molecular flexibility index (Phi) is 6.05. The first-order valence-corrected chi connectivity index (χ1v) is 8.17. The van der Waals surface area contributed by atoms with Crippen LogP contribution in [0.2, 0.25) is 0 Å². The summed E-state index contributed by atoms with van der Waals surface area (Å²) in [5.41, 5.74) is 2.88. The van der Waals surface area contributed by atoms with Crippen LogP contribution in [0.15, 0.2) is 54.6 Å². The summed E-state index contributed by atoms with van der Waals surface area (Å²) in [4.78, 5) is 2.27. The van der Waals surface area contributed by atoms with Crippen LogP contribution in [0.1, 0.15) is 23.5 Å². The highest BCUT2D eigenvalue weighted by molar-refractivity contribution is 14.1. The summed E-state index contributed by atoms with van der Waals surface area (Å²) in [6.07, 6.45) is 2.32. The average molecular weight is 379 g/mol. The summed E-state index contributed by atoms with van der Waals surface area (Å²) in [6.45, 7) is 1.13. The van der Waals surface area contributed by atoms with Gasteiger partial charge in [0.25, 0.3) is 0 Å². The van der Waals surface area contributed by atoms with Gasteiger partial charge in [0, 0.05) is 3.57 Å². The summed E-state index contributed by atoms with van der Waals surface area (Å²) >= 11 is 2.36. The van der Waals surface area contributed by atoms with Crippen molar-refractivity contribution < 1.29 is 0 Å². The molecule has 0 aliphatic carbocycles. The Labute approximate surface area is 136 Å². The number of hydrogen-bond acceptors (Lipinski definition) is 1. The monoisotopic (exact) mass is 379 g/mol. The van der Waals surface area contributed by atoms with E-state index in [-0.39, 0.29) is 0 Å². The molecule has 1 atom stereocenters. The molecule has 2 aromatic carbocycles. The molecule has 1 unspecified atom stereocenters. The molecule has 0 saturated heterocycles. The second kappa shape index (κ2) is 7.79. The van der Waals surface area contributed by atoms with Gasteiger partial charge >= 0.3 is 0 Å². The Morgan fingerprint density at radius 1 is 0.950 bits per heavy atom. The first kappa shape index (κ1) is 15.5. The molecular formula is C18H22IN. The SMILES string of the molecule is CN(C)CCC(Cc1ccc(I)cc1)c1ccccc1. The van der Waals surface area contributed by atoms with E-state index in [0.717, 1.165) is 13.0 Å². The summed E-state index contributed by atoms with van der Waals surface area (Å²) in [5.74, 6) is 0.596. The minimum Gasteiger partial charge on any atom is -0.309 e. The average Bonchev–Trinajstić information content (AvgIpc) is 2.46. The van der Waals surface area contributed by atoms with Crippen LogP contribution in [-0.2, 0) is 6.42 Å². The van der Waals surface area contributed by atoms with Crippen LogP contribution in [0.3, 0.4) is 0 Å². The highest BCUT2D eigenvalue weighted by Gasteiger charge is 2.12. The lowest BCUT2D eigenvalue weighted by atomic mass is 9.89. The van der Waals surface area contributed by atoms with Crippen LogP contribution >= 0.6 is 22.6 Å². The van der Waals surface area contributed by atoms with E-state index in [9.17, 15) is 0 Å². The van der Waals surface area contributed by atoms with Crippen LogP contribution in [0.5, 0.6) is 0 Å². The van der Waals surface area contributed by atoms with E-state index in [4.69, 9.17) is 0 Å². The van der Waals surface area contributed by atoms with E-state index < -0.39 is 0 Å². The number of benzene rings is 2. The first-order valence-electron chi connectivity index (χ1n) is 7.09. The molecular weight excluding hydrogens is 357 g/mol. The van der Waals surface area contributed by atoms with E-state index in [1.165, 1.54) is 21.1 Å². The second-order valence-corrected chi connectivity index (χ2v) is 6.78. The van der Waals surface area contributed by atoms with Crippen LogP contribution in [0.25, 0.3) is 0 Å². The molecule has 0 aliphatic heterocycles. The summed E-state index contributed by atoms with van der Waals surface area (Å²) < 4.78 is 1.30. The lowest BCUT2D eigenvalue weighted by Gasteiger charge is -2.20. The molecule has 0 heterocycles. The summed E-state index contributed by atoms with van der Waals surface area (Å²) in [5, 5.41) is 0. The van der Waals surface area contributed by atoms with Crippen molar-refractivity contribution in [3.05, 3.63) is 69.3 Å². The minimum absolute atomic E-state index is 0.596. The van der Waals surface area contributed by atoms with E-state index in [1.807, 2.05) is 0 Å². The van der Waals surface area contributed by atoms with Crippen molar-refractivity contribution in [3.8, 4) is 0 Å². The van der Waals surface area contributed by atoms with Crippen LogP contribution in [0, 0.1) is 3.57 Å². The predicted octanol–water partition coefficient (Wildman–Crippen LogP) is 4.57. The van der Waals surface area contributed by atoms with Gasteiger partial charge in [0.1, 0.15) is 0 Å². The molecule has 2 rings (SSSR count). The van der Waals surface area contributed by atoms with E-state index in [2.05, 4.69) is 96.2 Å². The molecule has 0 amide bonds. The third-order valence-corrected chi connectivity index (χ3v) is 4.31. The molecule has 0 bridgehead atoms. The van der Waals surface area contributed by atoms with Crippen molar-refractivity contribution in [2.75, 3.05) is 20.6 Å². The Morgan fingerprint density at radius 3 is 2.20 bits per heavy atom. The van der Waals surface area contributed by atoms with Gasteiger partial charge in [-0.25, -0.2) is 0 Å². The topological polar surface area (TPSA) is 3.24 Å². The van der Waals surface area contributed by atoms with Crippen molar-refractivity contribution in [2.24, 2.45) is 0 Å². The van der Waals surface area contributed by atoms with Crippen molar-refractivity contribution in [1.29, 1.82) is 0 Å². The number of nitrogens with zero attached hydrogens (tertiary/aromatic N) is 1. The van der Waals surface area contributed by atoms with Gasteiger partial charge in [0.05, 0.1) is 0 Å². The highest BCUT2D eigenvalue weighted by Crippen LogP contribution is 2.24. The molecule has 0 saturated carbocycles. The molecule has 2 heteroatoms. The van der Waals surface area contributed by atoms with Crippen molar-refractivity contribution >= 4 is 22.6 Å². The minimum atomic E-state index is 0.596. The standard InChI is InChI=1S/C18H22IN/c1-20(2)13-12-17(16-6-4-3-5-7-16)14-15-8-10-18(19)11-9-15/h3-11,17H,12-14H2,1-2H3. The molecule has 20 heavy (non-hydrogen) atoms. The van der Waals surface area contributed by atoms with Gasteiger partial charge in [-0.15, -0.1) is 0 Å². The van der Waals surface area contributed by atoms with E-state index in [1.54, 1.807) is 0 Å². The fraction of sp³-hybridized carbons (Fsp3) is 0.333. The normalized spacial score (nSPS) is 12.6. The van der Waals surface area contributed by atoms with Gasteiger partial charge in [0.15, 0.2) is 0 Å². The third-order valence-electron chi connectivity index (χ3n) is 3.59. The quantitative estimate of drug-likeness (QED) is 0.665. The Bertz CT molecular complexity index is 505. The van der Waals surface area contributed by atoms with Gasteiger partial charge in [-0.05, 0) is 85.3 Å². The van der Waals surface area contributed by atoms with E-state index in [0.29, 0.717) is 5.92 Å². The molecule has 2 aromatic rings.